The number of H-pyrrole nitrogens is 1. The van der Waals surface area contributed by atoms with Gasteiger partial charge >= 0.3 is 11.9 Å². The largest absolute Gasteiger partial charge is 0.481 e. The van der Waals surface area contributed by atoms with E-state index in [1.807, 2.05) is 24.3 Å². The van der Waals surface area contributed by atoms with Gasteiger partial charge in [-0.05, 0) is 43.9 Å². The van der Waals surface area contributed by atoms with Crippen molar-refractivity contribution in [3.8, 4) is 0 Å². The summed E-state index contributed by atoms with van der Waals surface area (Å²) in [6.45, 7) is 0.370. The van der Waals surface area contributed by atoms with Crippen molar-refractivity contribution >= 4 is 53.2 Å². The standard InChI is InChI=1S/C25H36N6O7S/c26-10-4-3-7-18(29-22(34)16(27)8-9-21(32)33)23(35)31-20(13-39)24(36)30-19(25(37)38)11-14-12-28-17-6-2-1-5-15(14)17/h1-2,5-6,12,16,18-20,28,39H,3-4,7-11,13,26-27H2,(H,29,34)(H,30,36)(H,31,35)(H,32,33)(H,37,38). The Kier molecular flexibility index (Phi) is 12.7. The van der Waals surface area contributed by atoms with Crippen LogP contribution in [0.1, 0.15) is 37.7 Å². The molecular formula is C25H36N6O7S. The van der Waals surface area contributed by atoms with E-state index >= 15 is 0 Å². The molecule has 0 aliphatic carbocycles. The molecule has 214 valence electrons. The maximum Gasteiger partial charge on any atom is 0.326 e. The monoisotopic (exact) mass is 564 g/mol. The van der Waals surface area contributed by atoms with E-state index in [-0.39, 0.29) is 31.4 Å². The van der Waals surface area contributed by atoms with Crippen LogP contribution < -0.4 is 27.4 Å². The highest BCUT2D eigenvalue weighted by atomic mass is 32.1. The molecule has 4 atom stereocenters. The van der Waals surface area contributed by atoms with E-state index in [0.29, 0.717) is 24.9 Å². The minimum Gasteiger partial charge on any atom is -0.481 e. The van der Waals surface area contributed by atoms with Gasteiger partial charge < -0.3 is 42.6 Å². The molecule has 0 aliphatic rings. The molecule has 2 aromatic rings. The van der Waals surface area contributed by atoms with E-state index in [9.17, 15) is 29.1 Å². The lowest BCUT2D eigenvalue weighted by atomic mass is 10.0. The number of nitrogens with one attached hydrogen (secondary N) is 4. The summed E-state index contributed by atoms with van der Waals surface area (Å²) in [5, 5.41) is 26.8. The predicted octanol–water partition coefficient (Wildman–Crippen LogP) is -0.500. The molecule has 0 bridgehead atoms. The first-order chi connectivity index (χ1) is 18.6. The van der Waals surface area contributed by atoms with Crippen molar-refractivity contribution in [2.45, 2.75) is 62.7 Å². The zero-order valence-corrected chi connectivity index (χ0v) is 22.3. The number of carbonyl (C=O) groups excluding carboxylic acids is 3. The highest BCUT2D eigenvalue weighted by Gasteiger charge is 2.30. The van der Waals surface area contributed by atoms with Crippen molar-refractivity contribution in [3.63, 3.8) is 0 Å². The number of thiol groups is 1. The van der Waals surface area contributed by atoms with Gasteiger partial charge in [0.05, 0.1) is 6.04 Å². The van der Waals surface area contributed by atoms with Gasteiger partial charge in [0, 0.05) is 35.7 Å². The number of rotatable bonds is 17. The van der Waals surface area contributed by atoms with Crippen LogP contribution >= 0.6 is 12.6 Å². The fourth-order valence-electron chi connectivity index (χ4n) is 3.91. The molecule has 0 aliphatic heterocycles. The van der Waals surface area contributed by atoms with E-state index in [1.54, 1.807) is 6.20 Å². The average molecular weight is 565 g/mol. The van der Waals surface area contributed by atoms with Crippen LogP contribution in [0, 0.1) is 0 Å². The van der Waals surface area contributed by atoms with Crippen molar-refractivity contribution in [1.82, 2.24) is 20.9 Å². The molecule has 0 radical (unpaired) electrons. The van der Waals surface area contributed by atoms with E-state index in [1.165, 1.54) is 0 Å². The molecule has 0 saturated heterocycles. The van der Waals surface area contributed by atoms with Crippen LogP contribution in [-0.2, 0) is 30.4 Å². The van der Waals surface area contributed by atoms with Gasteiger partial charge in [0.1, 0.15) is 18.1 Å². The summed E-state index contributed by atoms with van der Waals surface area (Å²) in [4.78, 5) is 64.2. The highest BCUT2D eigenvalue weighted by Crippen LogP contribution is 2.19. The molecular weight excluding hydrogens is 528 g/mol. The second-order valence-electron chi connectivity index (χ2n) is 9.09. The zero-order chi connectivity index (χ0) is 28.9. The van der Waals surface area contributed by atoms with Gasteiger partial charge in [0.2, 0.25) is 17.7 Å². The van der Waals surface area contributed by atoms with Gasteiger partial charge in [-0.3, -0.25) is 19.2 Å². The van der Waals surface area contributed by atoms with Gasteiger partial charge in [0.15, 0.2) is 0 Å². The SMILES string of the molecule is NCCCCC(NC(=O)C(N)CCC(=O)O)C(=O)NC(CS)C(=O)NC(Cc1c[nH]c2ccccc12)C(=O)O. The molecule has 1 aromatic carbocycles. The summed E-state index contributed by atoms with van der Waals surface area (Å²) < 4.78 is 0. The summed E-state index contributed by atoms with van der Waals surface area (Å²) in [5.41, 5.74) is 12.8. The quantitative estimate of drug-likeness (QED) is 0.0889. The fraction of sp³-hybridized carbons (Fsp3) is 0.480. The first kappa shape index (κ1) is 31.6. The van der Waals surface area contributed by atoms with Crippen molar-refractivity contribution in [2.24, 2.45) is 11.5 Å². The summed E-state index contributed by atoms with van der Waals surface area (Å²) in [5.74, 6) is -4.65. The Balaban J connectivity index is 2.07. The second kappa shape index (κ2) is 15.7. The number of carbonyl (C=O) groups is 5. The number of carboxylic acids is 2. The molecule has 13 nitrogen and oxygen atoms in total. The molecule has 0 saturated carbocycles. The number of amides is 3. The van der Waals surface area contributed by atoms with E-state index < -0.39 is 53.8 Å². The first-order valence-electron chi connectivity index (χ1n) is 12.5. The van der Waals surface area contributed by atoms with Crippen molar-refractivity contribution < 1.29 is 34.2 Å². The lowest BCUT2D eigenvalue weighted by molar-refractivity contribution is -0.142. The number of hydrogen-bond donors (Lipinski definition) is 9. The number of benzene rings is 1. The fourth-order valence-corrected chi connectivity index (χ4v) is 4.17. The molecule has 14 heteroatoms. The lowest BCUT2D eigenvalue weighted by Gasteiger charge is -2.24. The smallest absolute Gasteiger partial charge is 0.326 e. The van der Waals surface area contributed by atoms with Crippen molar-refractivity contribution in [2.75, 3.05) is 12.3 Å². The maximum atomic E-state index is 13.0. The van der Waals surface area contributed by atoms with Gasteiger partial charge in [-0.15, -0.1) is 0 Å². The minimum absolute atomic E-state index is 0.00429. The third-order valence-corrected chi connectivity index (χ3v) is 6.48. The van der Waals surface area contributed by atoms with Crippen LogP contribution in [0.15, 0.2) is 30.5 Å². The Hall–Kier alpha value is -3.62. The number of aliphatic carboxylic acids is 2. The minimum atomic E-state index is -1.27. The average Bonchev–Trinajstić information content (AvgIpc) is 3.31. The van der Waals surface area contributed by atoms with Crippen LogP contribution in [-0.4, -0.2) is 81.3 Å². The molecule has 1 heterocycles. The molecule has 3 amide bonds. The van der Waals surface area contributed by atoms with Gasteiger partial charge in [-0.2, -0.15) is 12.6 Å². The van der Waals surface area contributed by atoms with E-state index in [2.05, 4.69) is 33.6 Å². The zero-order valence-electron chi connectivity index (χ0n) is 21.4. The molecule has 0 spiro atoms. The van der Waals surface area contributed by atoms with E-state index in [4.69, 9.17) is 16.6 Å². The Bertz CT molecular complexity index is 1160. The van der Waals surface area contributed by atoms with Crippen LogP contribution in [0.3, 0.4) is 0 Å². The number of aromatic nitrogens is 1. The number of unbranched alkanes of at least 4 members (excludes halogenated alkanes) is 1. The predicted molar refractivity (Wildman–Crippen MR) is 147 cm³/mol. The van der Waals surface area contributed by atoms with Crippen LogP contribution in [0.4, 0.5) is 0 Å². The molecule has 10 N–H and O–H groups in total. The molecule has 39 heavy (non-hydrogen) atoms. The van der Waals surface area contributed by atoms with Gasteiger partial charge in [-0.1, -0.05) is 18.2 Å². The summed E-state index contributed by atoms with van der Waals surface area (Å²) in [7, 11) is 0. The molecule has 0 fully saturated rings. The summed E-state index contributed by atoms with van der Waals surface area (Å²) >= 11 is 4.14. The Labute approximate surface area is 230 Å². The van der Waals surface area contributed by atoms with E-state index in [0.717, 1.165) is 10.9 Å². The van der Waals surface area contributed by atoms with Crippen LogP contribution in [0.25, 0.3) is 10.9 Å². The third kappa shape index (κ3) is 9.89. The van der Waals surface area contributed by atoms with Gasteiger partial charge in [-0.25, -0.2) is 4.79 Å². The normalized spacial score (nSPS) is 14.1. The molecule has 4 unspecified atom stereocenters. The first-order valence-corrected chi connectivity index (χ1v) is 13.2. The topological polar surface area (TPSA) is 230 Å². The van der Waals surface area contributed by atoms with Crippen molar-refractivity contribution in [3.05, 3.63) is 36.0 Å². The number of aromatic amines is 1. The number of carboxylic acid groups (broad SMARTS) is 2. The van der Waals surface area contributed by atoms with Crippen molar-refractivity contribution in [1.29, 1.82) is 0 Å². The van der Waals surface area contributed by atoms with Gasteiger partial charge in [0.25, 0.3) is 0 Å². The van der Waals surface area contributed by atoms with Crippen LogP contribution in [0.5, 0.6) is 0 Å². The maximum absolute atomic E-state index is 13.0. The molecule has 1 aromatic heterocycles. The summed E-state index contributed by atoms with van der Waals surface area (Å²) in [6.07, 6.45) is 2.51. The number of fused-ring (bicyclic) bond motifs is 1. The number of nitrogens with two attached hydrogens (primary N) is 2. The lowest BCUT2D eigenvalue weighted by Crippen LogP contribution is -2.57. The Morgan fingerprint density at radius 3 is 2.18 bits per heavy atom. The second-order valence-corrected chi connectivity index (χ2v) is 9.46. The van der Waals surface area contributed by atoms with Crippen LogP contribution in [0.2, 0.25) is 0 Å². The number of hydrogen-bond acceptors (Lipinski definition) is 8. The Morgan fingerprint density at radius 2 is 1.54 bits per heavy atom. The summed E-state index contributed by atoms with van der Waals surface area (Å²) in [6, 6.07) is 2.67. The highest BCUT2D eigenvalue weighted by molar-refractivity contribution is 7.80. The number of para-hydroxylation sites is 1. The Morgan fingerprint density at radius 1 is 0.897 bits per heavy atom. The molecule has 2 rings (SSSR count). The third-order valence-electron chi connectivity index (χ3n) is 6.11.